The molecule has 1 aliphatic rings. The predicted molar refractivity (Wildman–Crippen MR) is 110 cm³/mol. The second-order valence-corrected chi connectivity index (χ2v) is 11.1. The fraction of sp³-hybridized carbons (Fsp3) is 0.353. The zero-order chi connectivity index (χ0) is 19.6. The molecule has 1 unspecified atom stereocenters. The van der Waals surface area contributed by atoms with Gasteiger partial charge < -0.3 is 10.1 Å². The number of methoxy groups -OCH3 is 1. The highest BCUT2D eigenvalue weighted by Crippen LogP contribution is 2.32. The molecule has 1 aromatic heterocycles. The monoisotopic (exact) mass is 492 g/mol. The third-order valence-corrected chi connectivity index (χ3v) is 8.57. The summed E-state index contributed by atoms with van der Waals surface area (Å²) in [5.41, 5.74) is 0.549. The van der Waals surface area contributed by atoms with Crippen LogP contribution in [0.4, 0.5) is 5.69 Å². The van der Waals surface area contributed by atoms with Gasteiger partial charge in [-0.25, -0.2) is 8.42 Å². The van der Waals surface area contributed by atoms with Crippen molar-refractivity contribution < 1.29 is 17.9 Å². The zero-order valence-electron chi connectivity index (χ0n) is 14.4. The fourth-order valence-corrected chi connectivity index (χ4v) is 6.87. The van der Waals surface area contributed by atoms with Crippen LogP contribution in [0.15, 0.2) is 38.3 Å². The van der Waals surface area contributed by atoms with Gasteiger partial charge in [-0.3, -0.25) is 4.79 Å². The minimum atomic E-state index is -3.59. The normalized spacial score (nSPS) is 18.3. The number of carbonyl (C=O) groups is 1. The number of nitrogens with one attached hydrogen (secondary N) is 1. The van der Waals surface area contributed by atoms with Gasteiger partial charge in [0.25, 0.3) is 10.0 Å². The molecule has 2 aromatic rings. The van der Waals surface area contributed by atoms with Gasteiger partial charge >= 0.3 is 0 Å². The Hall–Kier alpha value is -1.13. The maximum absolute atomic E-state index is 12.8. The molecular weight excluding hydrogens is 476 g/mol. The molecule has 0 aliphatic carbocycles. The third-order valence-electron chi connectivity index (χ3n) is 4.32. The van der Waals surface area contributed by atoms with Crippen molar-refractivity contribution in [2.45, 2.75) is 17.1 Å². The van der Waals surface area contributed by atoms with Crippen molar-refractivity contribution in [2.24, 2.45) is 5.92 Å². The number of benzene rings is 1. The van der Waals surface area contributed by atoms with Crippen molar-refractivity contribution in [3.8, 4) is 5.75 Å². The number of sulfonamides is 1. The lowest BCUT2D eigenvalue weighted by atomic mass is 9.98. The van der Waals surface area contributed by atoms with Crippen LogP contribution < -0.4 is 10.1 Å². The molecule has 0 radical (unpaired) electrons. The largest absolute Gasteiger partial charge is 0.495 e. The van der Waals surface area contributed by atoms with Crippen LogP contribution in [-0.4, -0.2) is 38.8 Å². The van der Waals surface area contributed by atoms with Crippen LogP contribution in [0.1, 0.15) is 12.8 Å². The summed E-state index contributed by atoms with van der Waals surface area (Å²) in [7, 11) is -2.08. The second kappa shape index (κ2) is 8.48. The van der Waals surface area contributed by atoms with E-state index in [1.54, 1.807) is 30.3 Å². The molecule has 1 saturated heterocycles. The molecule has 0 spiro atoms. The topological polar surface area (TPSA) is 75.7 Å². The van der Waals surface area contributed by atoms with Gasteiger partial charge in [-0.05, 0) is 59.1 Å². The van der Waals surface area contributed by atoms with Gasteiger partial charge in [0.05, 0.1) is 21.8 Å². The molecule has 27 heavy (non-hydrogen) atoms. The highest BCUT2D eigenvalue weighted by Gasteiger charge is 2.34. The van der Waals surface area contributed by atoms with E-state index in [1.807, 2.05) is 0 Å². The van der Waals surface area contributed by atoms with Crippen LogP contribution in [0, 0.1) is 5.92 Å². The number of hydrogen-bond acceptors (Lipinski definition) is 5. The summed E-state index contributed by atoms with van der Waals surface area (Å²) in [6.45, 7) is 0.573. The van der Waals surface area contributed by atoms with E-state index in [2.05, 4.69) is 21.2 Å². The lowest BCUT2D eigenvalue weighted by Crippen LogP contribution is -2.43. The lowest BCUT2D eigenvalue weighted by molar-refractivity contribution is -0.120. The van der Waals surface area contributed by atoms with Gasteiger partial charge in [0, 0.05) is 18.8 Å². The van der Waals surface area contributed by atoms with Crippen LogP contribution in [-0.2, 0) is 14.8 Å². The van der Waals surface area contributed by atoms with E-state index in [1.165, 1.54) is 22.8 Å². The highest BCUT2D eigenvalue weighted by molar-refractivity contribution is 9.11. The Balaban J connectivity index is 1.70. The first-order chi connectivity index (χ1) is 12.8. The van der Waals surface area contributed by atoms with E-state index in [0.29, 0.717) is 35.8 Å². The van der Waals surface area contributed by atoms with E-state index in [-0.39, 0.29) is 16.7 Å². The van der Waals surface area contributed by atoms with Crippen LogP contribution in [0.5, 0.6) is 5.75 Å². The fourth-order valence-electron chi connectivity index (χ4n) is 2.93. The zero-order valence-corrected chi connectivity index (χ0v) is 18.4. The Morgan fingerprint density at radius 2 is 2.15 bits per heavy atom. The molecule has 2 heterocycles. The third kappa shape index (κ3) is 4.65. The molecule has 1 aromatic carbocycles. The van der Waals surface area contributed by atoms with Crippen LogP contribution in [0.25, 0.3) is 0 Å². The van der Waals surface area contributed by atoms with Gasteiger partial charge in [-0.15, -0.1) is 11.3 Å². The van der Waals surface area contributed by atoms with E-state index in [4.69, 9.17) is 16.3 Å². The molecule has 1 N–H and O–H groups in total. The Morgan fingerprint density at radius 3 is 2.78 bits per heavy atom. The average molecular weight is 494 g/mol. The molecule has 3 rings (SSSR count). The van der Waals surface area contributed by atoms with Gasteiger partial charge in [-0.1, -0.05) is 11.6 Å². The van der Waals surface area contributed by atoms with Crippen molar-refractivity contribution in [3.05, 3.63) is 39.1 Å². The Kier molecular flexibility index (Phi) is 6.47. The number of ether oxygens (including phenoxy) is 1. The second-order valence-electron chi connectivity index (χ2n) is 6.10. The van der Waals surface area contributed by atoms with E-state index < -0.39 is 15.9 Å². The van der Waals surface area contributed by atoms with Gasteiger partial charge in [-0.2, -0.15) is 4.31 Å². The van der Waals surface area contributed by atoms with Crippen molar-refractivity contribution >= 4 is 60.5 Å². The molecule has 1 fully saturated rings. The number of halogens is 2. The molecule has 6 nitrogen and oxygen atoms in total. The predicted octanol–water partition coefficient (Wildman–Crippen LogP) is 4.21. The molecule has 10 heteroatoms. The summed E-state index contributed by atoms with van der Waals surface area (Å²) >= 11 is 10.5. The van der Waals surface area contributed by atoms with E-state index in [0.717, 1.165) is 3.79 Å². The van der Waals surface area contributed by atoms with Crippen LogP contribution in [0.3, 0.4) is 0 Å². The summed E-state index contributed by atoms with van der Waals surface area (Å²) in [5.74, 6) is -0.118. The Morgan fingerprint density at radius 1 is 1.37 bits per heavy atom. The number of nitrogens with zero attached hydrogens (tertiary/aromatic N) is 1. The molecular formula is C17H18BrClN2O4S2. The van der Waals surface area contributed by atoms with Crippen molar-refractivity contribution in [1.82, 2.24) is 4.31 Å². The summed E-state index contributed by atoms with van der Waals surface area (Å²) in [4.78, 5) is 12.6. The van der Waals surface area contributed by atoms with Gasteiger partial charge in [0.15, 0.2) is 0 Å². The average Bonchev–Trinajstić information content (AvgIpc) is 3.09. The lowest BCUT2D eigenvalue weighted by Gasteiger charge is -2.30. The summed E-state index contributed by atoms with van der Waals surface area (Å²) in [5, 5.41) is 3.21. The Labute approximate surface area is 175 Å². The molecule has 146 valence electrons. The van der Waals surface area contributed by atoms with Crippen molar-refractivity contribution in [2.75, 3.05) is 25.5 Å². The molecule has 0 bridgehead atoms. The summed E-state index contributed by atoms with van der Waals surface area (Å²) in [6, 6.07) is 8.26. The van der Waals surface area contributed by atoms with Crippen LogP contribution in [0.2, 0.25) is 5.02 Å². The molecule has 1 amide bonds. The minimum Gasteiger partial charge on any atom is -0.495 e. The first-order valence-electron chi connectivity index (χ1n) is 8.21. The van der Waals surface area contributed by atoms with E-state index >= 15 is 0 Å². The molecule has 1 aliphatic heterocycles. The smallest absolute Gasteiger partial charge is 0.252 e. The van der Waals surface area contributed by atoms with Gasteiger partial charge in [0.2, 0.25) is 5.91 Å². The first-order valence-corrected chi connectivity index (χ1v) is 11.6. The molecule has 0 saturated carbocycles. The first kappa shape index (κ1) is 20.6. The van der Waals surface area contributed by atoms with E-state index in [9.17, 15) is 13.2 Å². The number of anilines is 1. The quantitative estimate of drug-likeness (QED) is 0.677. The number of hydrogen-bond donors (Lipinski definition) is 1. The number of rotatable bonds is 5. The number of carbonyl (C=O) groups excluding carboxylic acids is 1. The van der Waals surface area contributed by atoms with Crippen molar-refractivity contribution in [3.63, 3.8) is 0 Å². The molecule has 1 atom stereocenters. The van der Waals surface area contributed by atoms with Gasteiger partial charge in [0.1, 0.15) is 9.96 Å². The maximum Gasteiger partial charge on any atom is 0.252 e. The standard InChI is InChI=1S/C17H18BrClN2O4S2/c1-25-14-5-4-12(9-13(14)19)20-17(22)11-3-2-8-21(10-11)27(23,24)16-7-6-15(18)26-16/h4-7,9,11H,2-3,8,10H2,1H3,(H,20,22). The number of thiophene rings is 1. The highest BCUT2D eigenvalue weighted by atomic mass is 79.9. The summed E-state index contributed by atoms with van der Waals surface area (Å²) in [6.07, 6.45) is 1.27. The minimum absolute atomic E-state index is 0.160. The Bertz CT molecular complexity index is 948. The number of amides is 1. The SMILES string of the molecule is COc1ccc(NC(=O)C2CCCN(S(=O)(=O)c3ccc(Br)s3)C2)cc1Cl. The number of piperidine rings is 1. The maximum atomic E-state index is 12.8. The summed E-state index contributed by atoms with van der Waals surface area (Å²) < 4.78 is 33.1. The van der Waals surface area contributed by atoms with Crippen molar-refractivity contribution in [1.29, 1.82) is 0 Å². The van der Waals surface area contributed by atoms with Crippen LogP contribution >= 0.6 is 38.9 Å².